The standard InChI is InChI=1S/C15H16N2OS/c1-10-5-6-12-11(9-10)13(16)14(19-12)15(18)17-7-3-2-4-8-17/h2-3,5-6,9H,4,7-8,16H2,1H3. The molecule has 2 N–H and O–H groups in total. The fourth-order valence-electron chi connectivity index (χ4n) is 2.36. The molecule has 1 amide bonds. The Morgan fingerprint density at radius 1 is 1.37 bits per heavy atom. The Morgan fingerprint density at radius 3 is 2.95 bits per heavy atom. The largest absolute Gasteiger partial charge is 0.397 e. The monoisotopic (exact) mass is 272 g/mol. The van der Waals surface area contributed by atoms with E-state index in [9.17, 15) is 4.79 Å². The summed E-state index contributed by atoms with van der Waals surface area (Å²) in [5.41, 5.74) is 7.95. The number of carbonyl (C=O) groups is 1. The Labute approximate surface area is 116 Å². The van der Waals surface area contributed by atoms with Crippen LogP contribution in [0.1, 0.15) is 21.7 Å². The fraction of sp³-hybridized carbons (Fsp3) is 0.267. The summed E-state index contributed by atoms with van der Waals surface area (Å²) in [6.07, 6.45) is 5.08. The van der Waals surface area contributed by atoms with E-state index in [0.29, 0.717) is 17.1 Å². The van der Waals surface area contributed by atoms with Crippen molar-refractivity contribution in [2.75, 3.05) is 18.8 Å². The number of hydrogen-bond acceptors (Lipinski definition) is 3. The summed E-state index contributed by atoms with van der Waals surface area (Å²) in [6, 6.07) is 6.14. The van der Waals surface area contributed by atoms with Gasteiger partial charge in [0.25, 0.3) is 5.91 Å². The summed E-state index contributed by atoms with van der Waals surface area (Å²) in [5, 5.41) is 1.00. The summed E-state index contributed by atoms with van der Waals surface area (Å²) in [7, 11) is 0. The van der Waals surface area contributed by atoms with E-state index >= 15 is 0 Å². The molecule has 0 bridgehead atoms. The molecule has 4 heteroatoms. The van der Waals surface area contributed by atoms with Crippen molar-refractivity contribution in [1.82, 2.24) is 4.90 Å². The second kappa shape index (κ2) is 4.70. The molecule has 0 atom stereocenters. The number of hydrogen-bond donors (Lipinski definition) is 1. The lowest BCUT2D eigenvalue weighted by molar-refractivity contribution is 0.0777. The van der Waals surface area contributed by atoms with Gasteiger partial charge in [-0.1, -0.05) is 23.8 Å². The van der Waals surface area contributed by atoms with E-state index in [-0.39, 0.29) is 5.91 Å². The summed E-state index contributed by atoms with van der Waals surface area (Å²) in [5.74, 6) is 0.0562. The number of nitrogens with two attached hydrogens (primary N) is 1. The molecule has 0 spiro atoms. The molecule has 3 nitrogen and oxygen atoms in total. The minimum atomic E-state index is 0.0562. The van der Waals surface area contributed by atoms with Gasteiger partial charge in [-0.25, -0.2) is 0 Å². The number of fused-ring (bicyclic) bond motifs is 1. The minimum absolute atomic E-state index is 0.0562. The van der Waals surface area contributed by atoms with Gasteiger partial charge in [-0.15, -0.1) is 11.3 Å². The van der Waals surface area contributed by atoms with Crippen LogP contribution in [-0.4, -0.2) is 23.9 Å². The third-order valence-electron chi connectivity index (χ3n) is 3.42. The molecule has 0 aliphatic carbocycles. The van der Waals surface area contributed by atoms with E-state index in [4.69, 9.17) is 5.73 Å². The molecule has 0 saturated heterocycles. The summed E-state index contributed by atoms with van der Waals surface area (Å²) >= 11 is 1.49. The van der Waals surface area contributed by atoms with Crippen LogP contribution in [-0.2, 0) is 0 Å². The summed E-state index contributed by atoms with van der Waals surface area (Å²) in [4.78, 5) is 15.0. The van der Waals surface area contributed by atoms with E-state index in [1.165, 1.54) is 11.3 Å². The van der Waals surface area contributed by atoms with Gasteiger partial charge >= 0.3 is 0 Å². The first-order chi connectivity index (χ1) is 9.16. The molecule has 1 aliphatic heterocycles. The first-order valence-electron chi connectivity index (χ1n) is 6.39. The van der Waals surface area contributed by atoms with Crippen LogP contribution in [0.15, 0.2) is 30.4 Å². The van der Waals surface area contributed by atoms with Crippen LogP contribution in [0.3, 0.4) is 0 Å². The normalized spacial score (nSPS) is 15.1. The molecule has 1 aliphatic rings. The molecule has 0 radical (unpaired) electrons. The first kappa shape index (κ1) is 12.2. The van der Waals surface area contributed by atoms with E-state index in [1.807, 2.05) is 30.0 Å². The molecule has 3 rings (SSSR count). The molecule has 1 aromatic carbocycles. The number of nitrogen functional groups attached to an aromatic ring is 1. The topological polar surface area (TPSA) is 46.3 Å². The van der Waals surface area contributed by atoms with Crippen LogP contribution >= 0.6 is 11.3 Å². The minimum Gasteiger partial charge on any atom is -0.397 e. The Balaban J connectivity index is 2.02. The predicted molar refractivity (Wildman–Crippen MR) is 80.6 cm³/mol. The van der Waals surface area contributed by atoms with Crippen molar-refractivity contribution >= 4 is 33.0 Å². The number of rotatable bonds is 1. The van der Waals surface area contributed by atoms with Crippen molar-refractivity contribution in [3.8, 4) is 0 Å². The van der Waals surface area contributed by atoms with E-state index in [1.54, 1.807) is 0 Å². The van der Waals surface area contributed by atoms with E-state index in [2.05, 4.69) is 12.1 Å². The maximum absolute atomic E-state index is 12.5. The summed E-state index contributed by atoms with van der Waals surface area (Å²) in [6.45, 7) is 3.50. The Kier molecular flexibility index (Phi) is 3.03. The predicted octanol–water partition coefficient (Wildman–Crippen LogP) is 3.19. The van der Waals surface area contributed by atoms with Gasteiger partial charge in [-0.2, -0.15) is 0 Å². The second-order valence-corrected chi connectivity index (χ2v) is 5.91. The van der Waals surface area contributed by atoms with Crippen LogP contribution in [0, 0.1) is 6.92 Å². The molecule has 19 heavy (non-hydrogen) atoms. The van der Waals surface area contributed by atoms with E-state index < -0.39 is 0 Å². The SMILES string of the molecule is Cc1ccc2sc(C(=O)N3CC=CCC3)c(N)c2c1. The van der Waals surface area contributed by atoms with Gasteiger partial charge in [0.2, 0.25) is 0 Å². The highest BCUT2D eigenvalue weighted by atomic mass is 32.1. The molecule has 98 valence electrons. The van der Waals surface area contributed by atoms with Gasteiger partial charge in [0.15, 0.2) is 0 Å². The van der Waals surface area contributed by atoms with Crippen LogP contribution in [0.2, 0.25) is 0 Å². The number of anilines is 1. The van der Waals surface area contributed by atoms with Gasteiger partial charge in [0, 0.05) is 23.2 Å². The highest BCUT2D eigenvalue weighted by Gasteiger charge is 2.22. The van der Waals surface area contributed by atoms with Crippen molar-refractivity contribution in [3.63, 3.8) is 0 Å². The Hall–Kier alpha value is -1.81. The van der Waals surface area contributed by atoms with Crippen LogP contribution in [0.25, 0.3) is 10.1 Å². The number of thiophene rings is 1. The molecule has 2 aromatic rings. The molecular weight excluding hydrogens is 256 g/mol. The van der Waals surface area contributed by atoms with Crippen molar-refractivity contribution in [3.05, 3.63) is 40.8 Å². The molecule has 2 heterocycles. The lowest BCUT2D eigenvalue weighted by atomic mass is 10.1. The average Bonchev–Trinajstić information content (AvgIpc) is 2.76. The maximum atomic E-state index is 12.5. The average molecular weight is 272 g/mol. The quantitative estimate of drug-likeness (QED) is 0.810. The number of amides is 1. The zero-order valence-electron chi connectivity index (χ0n) is 10.8. The summed E-state index contributed by atoms with van der Waals surface area (Å²) < 4.78 is 1.08. The fourth-order valence-corrected chi connectivity index (χ4v) is 3.43. The van der Waals surface area contributed by atoms with Gasteiger partial charge in [0.05, 0.1) is 5.69 Å². The Bertz CT molecular complexity index is 672. The van der Waals surface area contributed by atoms with Crippen molar-refractivity contribution in [1.29, 1.82) is 0 Å². The van der Waals surface area contributed by atoms with Gasteiger partial charge in [-0.05, 0) is 25.5 Å². The molecule has 0 unspecified atom stereocenters. The van der Waals surface area contributed by atoms with Gasteiger partial charge in [-0.3, -0.25) is 4.79 Å². The highest BCUT2D eigenvalue weighted by molar-refractivity contribution is 7.21. The van der Waals surface area contributed by atoms with Crippen molar-refractivity contribution in [2.24, 2.45) is 0 Å². The maximum Gasteiger partial charge on any atom is 0.266 e. The number of nitrogens with zero attached hydrogens (tertiary/aromatic N) is 1. The van der Waals surface area contributed by atoms with E-state index in [0.717, 1.165) is 28.6 Å². The Morgan fingerprint density at radius 2 is 2.21 bits per heavy atom. The number of aryl methyl sites for hydroxylation is 1. The zero-order valence-corrected chi connectivity index (χ0v) is 11.7. The van der Waals surface area contributed by atoms with Crippen LogP contribution < -0.4 is 5.73 Å². The lowest BCUT2D eigenvalue weighted by Gasteiger charge is -2.22. The van der Waals surface area contributed by atoms with Crippen LogP contribution in [0.5, 0.6) is 0 Å². The lowest BCUT2D eigenvalue weighted by Crippen LogP contribution is -2.33. The third-order valence-corrected chi connectivity index (χ3v) is 4.60. The zero-order chi connectivity index (χ0) is 13.4. The molecule has 0 fully saturated rings. The van der Waals surface area contributed by atoms with Crippen LogP contribution in [0.4, 0.5) is 5.69 Å². The van der Waals surface area contributed by atoms with Crippen molar-refractivity contribution < 1.29 is 4.79 Å². The van der Waals surface area contributed by atoms with Crippen molar-refractivity contribution in [2.45, 2.75) is 13.3 Å². The van der Waals surface area contributed by atoms with Gasteiger partial charge < -0.3 is 10.6 Å². The molecular formula is C15H16N2OS. The van der Waals surface area contributed by atoms with Gasteiger partial charge in [0.1, 0.15) is 4.88 Å². The number of carbonyl (C=O) groups excluding carboxylic acids is 1. The number of benzene rings is 1. The first-order valence-corrected chi connectivity index (χ1v) is 7.21. The highest BCUT2D eigenvalue weighted by Crippen LogP contribution is 2.35. The molecule has 0 saturated carbocycles. The molecule has 1 aromatic heterocycles. The smallest absolute Gasteiger partial charge is 0.266 e. The second-order valence-electron chi connectivity index (χ2n) is 4.86. The third kappa shape index (κ3) is 2.12.